The average Bonchev–Trinajstić information content (AvgIpc) is 2.22. The van der Waals surface area contributed by atoms with E-state index in [1.807, 2.05) is 13.8 Å². The van der Waals surface area contributed by atoms with Crippen LogP contribution in [0.3, 0.4) is 0 Å². The Morgan fingerprint density at radius 1 is 1.43 bits per heavy atom. The minimum Gasteiger partial charge on any atom is -0.393 e. The zero-order valence-corrected chi connectivity index (χ0v) is 11.0. The zero-order valence-electron chi connectivity index (χ0n) is 9.16. The molecule has 0 aliphatic heterocycles. The van der Waals surface area contributed by atoms with Gasteiger partial charge in [0, 0.05) is 7.11 Å². The molecule has 0 amide bonds. The van der Waals surface area contributed by atoms with Crippen LogP contribution < -0.4 is 0 Å². The van der Waals surface area contributed by atoms with Crippen LogP contribution in [0.1, 0.15) is 26.7 Å². The van der Waals surface area contributed by atoms with Crippen molar-refractivity contribution in [2.24, 2.45) is 0 Å². The molecule has 0 N–H and O–H groups in total. The fourth-order valence-corrected chi connectivity index (χ4v) is 2.08. The summed E-state index contributed by atoms with van der Waals surface area (Å²) in [5, 5.41) is 0. The van der Waals surface area contributed by atoms with Crippen molar-refractivity contribution in [2.45, 2.75) is 45.3 Å². The standard InChI is InChI=1S/C9H20O3SSi/c1-4-9(11-8(2)10-3)12-14-7-5-6-13/h8-9,13H,4-7H2,1-3H3. The second-order valence-corrected chi connectivity index (χ2v) is 4.34. The lowest BCUT2D eigenvalue weighted by atomic mass is 10.5. The molecule has 0 fully saturated rings. The van der Waals surface area contributed by atoms with Crippen molar-refractivity contribution in [3.8, 4) is 0 Å². The molecular formula is C9H20O3SSi. The highest BCUT2D eigenvalue weighted by Gasteiger charge is 2.10. The minimum atomic E-state index is -0.199. The van der Waals surface area contributed by atoms with Gasteiger partial charge in [-0.2, -0.15) is 12.6 Å². The van der Waals surface area contributed by atoms with Crippen molar-refractivity contribution >= 4 is 22.4 Å². The Morgan fingerprint density at radius 2 is 2.14 bits per heavy atom. The molecule has 0 aliphatic carbocycles. The first-order valence-corrected chi connectivity index (χ1v) is 6.67. The van der Waals surface area contributed by atoms with Crippen LogP contribution in [0, 0.1) is 0 Å². The summed E-state index contributed by atoms with van der Waals surface area (Å²) in [5.41, 5.74) is 0. The molecule has 0 aromatic carbocycles. The third kappa shape index (κ3) is 7.81. The number of ether oxygens (including phenoxy) is 2. The van der Waals surface area contributed by atoms with Crippen LogP contribution in [0.25, 0.3) is 0 Å². The maximum absolute atomic E-state index is 5.56. The van der Waals surface area contributed by atoms with E-state index in [1.54, 1.807) is 7.11 Å². The maximum atomic E-state index is 5.56. The zero-order chi connectivity index (χ0) is 10.8. The SMILES string of the molecule is CCC(O[Si]CCCS)OC(C)OC. The van der Waals surface area contributed by atoms with Gasteiger partial charge in [0.1, 0.15) is 6.29 Å². The van der Waals surface area contributed by atoms with E-state index < -0.39 is 0 Å². The molecule has 0 saturated heterocycles. The highest BCUT2D eigenvalue weighted by Crippen LogP contribution is 2.05. The minimum absolute atomic E-state index is 0.136. The topological polar surface area (TPSA) is 27.7 Å². The van der Waals surface area contributed by atoms with E-state index >= 15 is 0 Å². The molecule has 5 heteroatoms. The molecule has 0 bridgehead atoms. The van der Waals surface area contributed by atoms with Gasteiger partial charge in [-0.05, 0) is 31.6 Å². The predicted molar refractivity (Wildman–Crippen MR) is 61.8 cm³/mol. The van der Waals surface area contributed by atoms with Crippen LogP contribution in [0.2, 0.25) is 6.04 Å². The number of thiol groups is 1. The van der Waals surface area contributed by atoms with Crippen LogP contribution in [0.15, 0.2) is 0 Å². The van der Waals surface area contributed by atoms with Crippen LogP contribution in [0.5, 0.6) is 0 Å². The molecule has 2 atom stereocenters. The molecule has 0 aliphatic rings. The second kappa shape index (κ2) is 9.98. The predicted octanol–water partition coefficient (Wildman–Crippen LogP) is 2.11. The Bertz CT molecular complexity index is 127. The van der Waals surface area contributed by atoms with Crippen LogP contribution in [0.4, 0.5) is 0 Å². The third-order valence-electron chi connectivity index (χ3n) is 1.66. The summed E-state index contributed by atoms with van der Waals surface area (Å²) in [6, 6.07) is 1.06. The summed E-state index contributed by atoms with van der Waals surface area (Å²) in [6.45, 7) is 3.90. The van der Waals surface area contributed by atoms with Gasteiger partial charge < -0.3 is 13.9 Å². The molecule has 0 saturated carbocycles. The number of hydrogen-bond acceptors (Lipinski definition) is 4. The van der Waals surface area contributed by atoms with E-state index in [-0.39, 0.29) is 12.6 Å². The van der Waals surface area contributed by atoms with Crippen LogP contribution in [-0.4, -0.2) is 35.2 Å². The van der Waals surface area contributed by atoms with Crippen molar-refractivity contribution in [1.82, 2.24) is 0 Å². The van der Waals surface area contributed by atoms with Gasteiger partial charge in [-0.1, -0.05) is 6.92 Å². The van der Waals surface area contributed by atoms with Gasteiger partial charge in [0.05, 0.1) is 0 Å². The first kappa shape index (κ1) is 14.4. The molecule has 84 valence electrons. The molecule has 0 aromatic heterocycles. The average molecular weight is 236 g/mol. The normalized spacial score (nSPS) is 15.4. The van der Waals surface area contributed by atoms with Gasteiger partial charge in [-0.3, -0.25) is 0 Å². The summed E-state index contributed by atoms with van der Waals surface area (Å²) in [6.07, 6.45) is 1.61. The van der Waals surface area contributed by atoms with E-state index in [9.17, 15) is 0 Å². The molecule has 14 heavy (non-hydrogen) atoms. The van der Waals surface area contributed by atoms with Gasteiger partial charge in [0.15, 0.2) is 6.29 Å². The Labute approximate surface area is 94.9 Å². The summed E-state index contributed by atoms with van der Waals surface area (Å²) in [5.74, 6) is 0.919. The summed E-state index contributed by atoms with van der Waals surface area (Å²) in [4.78, 5) is 0. The van der Waals surface area contributed by atoms with Crippen molar-refractivity contribution in [2.75, 3.05) is 12.9 Å². The molecule has 0 heterocycles. The lowest BCUT2D eigenvalue weighted by Gasteiger charge is -2.20. The van der Waals surface area contributed by atoms with Crippen molar-refractivity contribution in [3.63, 3.8) is 0 Å². The Balaban J connectivity index is 3.47. The lowest BCUT2D eigenvalue weighted by molar-refractivity contribution is -0.201. The van der Waals surface area contributed by atoms with E-state index in [4.69, 9.17) is 13.9 Å². The molecule has 2 unspecified atom stereocenters. The smallest absolute Gasteiger partial charge is 0.233 e. The fraction of sp³-hybridized carbons (Fsp3) is 1.00. The van der Waals surface area contributed by atoms with E-state index in [2.05, 4.69) is 12.6 Å². The number of rotatable bonds is 9. The van der Waals surface area contributed by atoms with Gasteiger partial charge in [-0.15, -0.1) is 0 Å². The number of methoxy groups -OCH3 is 1. The quantitative estimate of drug-likeness (QED) is 0.287. The second-order valence-electron chi connectivity index (χ2n) is 2.87. The van der Waals surface area contributed by atoms with Gasteiger partial charge in [-0.25, -0.2) is 0 Å². The monoisotopic (exact) mass is 236 g/mol. The molecule has 0 aromatic rings. The Kier molecular flexibility index (Phi) is 10.3. The molecule has 3 nitrogen and oxygen atoms in total. The molecule has 0 rings (SSSR count). The van der Waals surface area contributed by atoms with Crippen molar-refractivity contribution < 1.29 is 13.9 Å². The van der Waals surface area contributed by atoms with E-state index in [0.717, 1.165) is 24.6 Å². The Hall–Kier alpha value is 0.447. The summed E-state index contributed by atoms with van der Waals surface area (Å²) >= 11 is 4.14. The molecule has 2 radical (unpaired) electrons. The third-order valence-corrected chi connectivity index (χ3v) is 2.96. The fourth-order valence-electron chi connectivity index (χ4n) is 0.780. The van der Waals surface area contributed by atoms with Gasteiger partial charge in [0.25, 0.3) is 0 Å². The number of hydrogen-bond donors (Lipinski definition) is 1. The maximum Gasteiger partial charge on any atom is 0.233 e. The molecular weight excluding hydrogens is 216 g/mol. The highest BCUT2D eigenvalue weighted by atomic mass is 32.1. The van der Waals surface area contributed by atoms with Gasteiger partial charge >= 0.3 is 0 Å². The van der Waals surface area contributed by atoms with Crippen LogP contribution >= 0.6 is 12.6 Å². The summed E-state index contributed by atoms with van der Waals surface area (Å²) in [7, 11) is 2.12. The van der Waals surface area contributed by atoms with E-state index in [0.29, 0.717) is 9.76 Å². The largest absolute Gasteiger partial charge is 0.393 e. The first-order valence-electron chi connectivity index (χ1n) is 4.92. The van der Waals surface area contributed by atoms with E-state index in [1.165, 1.54) is 0 Å². The van der Waals surface area contributed by atoms with Gasteiger partial charge in [0.2, 0.25) is 9.76 Å². The van der Waals surface area contributed by atoms with Crippen LogP contribution in [-0.2, 0) is 13.9 Å². The van der Waals surface area contributed by atoms with Crippen molar-refractivity contribution in [3.05, 3.63) is 0 Å². The summed E-state index contributed by atoms with van der Waals surface area (Å²) < 4.78 is 16.0. The first-order chi connectivity index (χ1) is 6.74. The highest BCUT2D eigenvalue weighted by molar-refractivity contribution is 7.80. The molecule has 0 spiro atoms. The lowest BCUT2D eigenvalue weighted by Crippen LogP contribution is -2.24. The Morgan fingerprint density at radius 3 is 2.64 bits per heavy atom. The van der Waals surface area contributed by atoms with Crippen molar-refractivity contribution in [1.29, 1.82) is 0 Å².